The minimum absolute atomic E-state index is 0.713. The molecule has 0 aromatic heterocycles. The summed E-state index contributed by atoms with van der Waals surface area (Å²) in [5.41, 5.74) is 5.54. The van der Waals surface area contributed by atoms with Crippen LogP contribution in [0.5, 0.6) is 23.0 Å². The molecule has 3 nitrogen and oxygen atoms in total. The lowest BCUT2D eigenvalue weighted by atomic mass is 9.96. The van der Waals surface area contributed by atoms with Crippen LogP contribution in [0.25, 0.3) is 0 Å². The van der Waals surface area contributed by atoms with E-state index < -0.39 is 0 Å². The molecule has 192 valence electrons. The first kappa shape index (κ1) is 25.9. The molecular formula is C32H46O3. The molecule has 2 heterocycles. The quantitative estimate of drug-likeness (QED) is 0.199. The SMILES string of the molecule is CCCCCCCCCc1ccc(Oc2ccc(CCCCCCCCC)c3c2OC3)c2c1CO2. The van der Waals surface area contributed by atoms with Crippen molar-refractivity contribution < 1.29 is 14.2 Å². The van der Waals surface area contributed by atoms with Crippen molar-refractivity contribution in [3.05, 3.63) is 46.5 Å². The Balaban J connectivity index is 1.26. The Hall–Kier alpha value is -2.16. The van der Waals surface area contributed by atoms with Crippen LogP contribution in [0.2, 0.25) is 0 Å². The molecule has 2 aliphatic heterocycles. The fourth-order valence-corrected chi connectivity index (χ4v) is 5.35. The Morgan fingerprint density at radius 2 is 0.943 bits per heavy atom. The number of fused-ring (bicyclic) bond motifs is 2. The lowest BCUT2D eigenvalue weighted by Gasteiger charge is -2.29. The molecule has 2 aromatic carbocycles. The van der Waals surface area contributed by atoms with E-state index in [-0.39, 0.29) is 0 Å². The lowest BCUT2D eigenvalue weighted by molar-refractivity contribution is 0.215. The maximum atomic E-state index is 6.33. The van der Waals surface area contributed by atoms with Crippen molar-refractivity contribution in [3.63, 3.8) is 0 Å². The molecule has 0 saturated carbocycles. The zero-order valence-corrected chi connectivity index (χ0v) is 22.3. The summed E-state index contributed by atoms with van der Waals surface area (Å²) in [6.07, 6.45) is 21.1. The number of benzene rings is 2. The van der Waals surface area contributed by atoms with Crippen molar-refractivity contribution >= 4 is 0 Å². The standard InChI is InChI=1S/C32H46O3/c1-3-5-7-9-11-13-15-17-25-19-21-29(31-27(25)23-33-31)35-30-22-20-26(28-24-34-32(28)30)18-16-14-12-10-8-6-4-2/h19-22H,3-18,23-24H2,1-2H3. The topological polar surface area (TPSA) is 27.7 Å². The summed E-state index contributed by atoms with van der Waals surface area (Å²) >= 11 is 0. The van der Waals surface area contributed by atoms with Gasteiger partial charge in [0.15, 0.2) is 23.0 Å². The van der Waals surface area contributed by atoms with Gasteiger partial charge in [0.1, 0.15) is 13.2 Å². The molecule has 0 amide bonds. The lowest BCUT2D eigenvalue weighted by Crippen LogP contribution is -2.16. The van der Waals surface area contributed by atoms with Crippen LogP contribution in [0.3, 0.4) is 0 Å². The second-order valence-electron chi connectivity index (χ2n) is 10.5. The molecule has 0 bridgehead atoms. The van der Waals surface area contributed by atoms with E-state index in [0.717, 1.165) is 35.8 Å². The third kappa shape index (κ3) is 6.96. The van der Waals surface area contributed by atoms with Gasteiger partial charge in [-0.05, 0) is 48.9 Å². The van der Waals surface area contributed by atoms with Crippen LogP contribution in [0.15, 0.2) is 24.3 Å². The van der Waals surface area contributed by atoms with Crippen LogP contribution in [-0.2, 0) is 26.1 Å². The molecule has 4 rings (SSSR count). The molecule has 0 aliphatic carbocycles. The van der Waals surface area contributed by atoms with E-state index in [4.69, 9.17) is 14.2 Å². The highest BCUT2D eigenvalue weighted by Crippen LogP contribution is 2.48. The summed E-state index contributed by atoms with van der Waals surface area (Å²) in [5.74, 6) is 3.52. The normalized spacial score (nSPS) is 13.2. The molecular weight excluding hydrogens is 432 g/mol. The first-order chi connectivity index (χ1) is 17.3. The summed E-state index contributed by atoms with van der Waals surface area (Å²) < 4.78 is 18.0. The molecule has 0 radical (unpaired) electrons. The predicted molar refractivity (Wildman–Crippen MR) is 145 cm³/mol. The van der Waals surface area contributed by atoms with Crippen molar-refractivity contribution in [1.82, 2.24) is 0 Å². The minimum Gasteiger partial charge on any atom is -0.484 e. The minimum atomic E-state index is 0.713. The van der Waals surface area contributed by atoms with Gasteiger partial charge >= 0.3 is 0 Å². The van der Waals surface area contributed by atoms with E-state index in [9.17, 15) is 0 Å². The summed E-state index contributed by atoms with van der Waals surface area (Å²) in [7, 11) is 0. The number of unbranched alkanes of at least 4 members (excludes halogenated alkanes) is 12. The van der Waals surface area contributed by atoms with E-state index in [2.05, 4.69) is 38.1 Å². The highest BCUT2D eigenvalue weighted by Gasteiger charge is 2.28. The van der Waals surface area contributed by atoms with E-state index in [1.54, 1.807) is 0 Å². The first-order valence-corrected chi connectivity index (χ1v) is 14.5. The van der Waals surface area contributed by atoms with Gasteiger partial charge in [0.05, 0.1) is 0 Å². The molecule has 0 unspecified atom stereocenters. The van der Waals surface area contributed by atoms with Gasteiger partial charge in [-0.25, -0.2) is 0 Å². The Morgan fingerprint density at radius 3 is 1.31 bits per heavy atom. The second kappa shape index (κ2) is 13.8. The predicted octanol–water partition coefficient (Wildman–Crippen LogP) is 9.85. The smallest absolute Gasteiger partial charge is 0.169 e. The molecule has 2 aromatic rings. The molecule has 0 N–H and O–H groups in total. The molecule has 0 spiro atoms. The van der Waals surface area contributed by atoms with Crippen molar-refractivity contribution in [1.29, 1.82) is 0 Å². The number of aryl methyl sites for hydroxylation is 2. The Kier molecular flexibility index (Phi) is 10.2. The maximum Gasteiger partial charge on any atom is 0.169 e. The average molecular weight is 479 g/mol. The van der Waals surface area contributed by atoms with Gasteiger partial charge in [-0.15, -0.1) is 0 Å². The Morgan fingerprint density at radius 1 is 0.543 bits per heavy atom. The molecule has 2 aliphatic rings. The molecule has 0 saturated heterocycles. The van der Waals surface area contributed by atoms with Gasteiger partial charge in [0, 0.05) is 11.1 Å². The maximum absolute atomic E-state index is 6.33. The Labute approximate surface area is 213 Å². The van der Waals surface area contributed by atoms with Crippen LogP contribution >= 0.6 is 0 Å². The molecule has 0 atom stereocenters. The molecule has 35 heavy (non-hydrogen) atoms. The van der Waals surface area contributed by atoms with Crippen LogP contribution in [0, 0.1) is 0 Å². The average Bonchev–Trinajstić information content (AvgIpc) is 2.81. The number of hydrogen-bond acceptors (Lipinski definition) is 3. The number of hydrogen-bond donors (Lipinski definition) is 0. The first-order valence-electron chi connectivity index (χ1n) is 14.5. The van der Waals surface area contributed by atoms with Gasteiger partial charge in [-0.1, -0.05) is 103 Å². The second-order valence-corrected chi connectivity index (χ2v) is 10.5. The molecule has 3 heteroatoms. The zero-order valence-electron chi connectivity index (χ0n) is 22.3. The largest absolute Gasteiger partial charge is 0.484 e. The Bertz CT molecular complexity index is 857. The van der Waals surface area contributed by atoms with E-state index >= 15 is 0 Å². The van der Waals surface area contributed by atoms with Crippen LogP contribution in [0.4, 0.5) is 0 Å². The highest BCUT2D eigenvalue weighted by atomic mass is 16.6. The van der Waals surface area contributed by atoms with Crippen molar-refractivity contribution in [2.24, 2.45) is 0 Å². The van der Waals surface area contributed by atoms with Crippen molar-refractivity contribution in [2.45, 2.75) is 130 Å². The van der Waals surface area contributed by atoms with E-state index in [1.165, 1.54) is 112 Å². The summed E-state index contributed by atoms with van der Waals surface area (Å²) in [4.78, 5) is 0. The number of ether oxygens (including phenoxy) is 3. The fraction of sp³-hybridized carbons (Fsp3) is 0.625. The van der Waals surface area contributed by atoms with Gasteiger partial charge < -0.3 is 14.2 Å². The van der Waals surface area contributed by atoms with Gasteiger partial charge in [-0.2, -0.15) is 0 Å². The van der Waals surface area contributed by atoms with Gasteiger partial charge in [0.2, 0.25) is 0 Å². The summed E-state index contributed by atoms with van der Waals surface area (Å²) in [5, 5.41) is 0. The highest BCUT2D eigenvalue weighted by molar-refractivity contribution is 5.59. The third-order valence-corrected chi connectivity index (χ3v) is 7.68. The van der Waals surface area contributed by atoms with Crippen molar-refractivity contribution in [2.75, 3.05) is 0 Å². The monoisotopic (exact) mass is 478 g/mol. The number of rotatable bonds is 18. The van der Waals surface area contributed by atoms with Crippen LogP contribution in [0.1, 0.15) is 126 Å². The van der Waals surface area contributed by atoms with Crippen LogP contribution < -0.4 is 14.2 Å². The van der Waals surface area contributed by atoms with Crippen molar-refractivity contribution in [3.8, 4) is 23.0 Å². The van der Waals surface area contributed by atoms with Crippen LogP contribution in [-0.4, -0.2) is 0 Å². The van der Waals surface area contributed by atoms with Gasteiger partial charge in [0.25, 0.3) is 0 Å². The summed E-state index contributed by atoms with van der Waals surface area (Å²) in [6.45, 7) is 5.98. The fourth-order valence-electron chi connectivity index (χ4n) is 5.35. The summed E-state index contributed by atoms with van der Waals surface area (Å²) in [6, 6.07) is 8.67. The molecule has 0 fully saturated rings. The van der Waals surface area contributed by atoms with E-state index in [1.807, 2.05) is 0 Å². The third-order valence-electron chi connectivity index (χ3n) is 7.68. The van der Waals surface area contributed by atoms with E-state index in [0.29, 0.717) is 13.2 Å². The van der Waals surface area contributed by atoms with Gasteiger partial charge in [-0.3, -0.25) is 0 Å². The zero-order chi connectivity index (χ0) is 24.3.